The minimum Gasteiger partial charge on any atom is -0.506 e. The van der Waals surface area contributed by atoms with E-state index in [9.17, 15) is 35.1 Å². The second-order valence-corrected chi connectivity index (χ2v) is 16.3. The number of rotatable bonds is 8. The van der Waals surface area contributed by atoms with Crippen molar-refractivity contribution in [1.82, 2.24) is 0 Å². The number of benzene rings is 3. The van der Waals surface area contributed by atoms with E-state index in [-0.39, 0.29) is 46.3 Å². The molecular formula is C38H46O11S2. The number of phenols is 1. The van der Waals surface area contributed by atoms with Crippen molar-refractivity contribution < 1.29 is 54.1 Å². The van der Waals surface area contributed by atoms with E-state index in [1.54, 1.807) is 23.8 Å². The van der Waals surface area contributed by atoms with Crippen LogP contribution in [0.4, 0.5) is 0 Å². The summed E-state index contributed by atoms with van der Waals surface area (Å²) in [6, 6.07) is 13.7. The van der Waals surface area contributed by atoms with Gasteiger partial charge in [-0.15, -0.1) is 0 Å². The van der Waals surface area contributed by atoms with Crippen LogP contribution < -0.4 is 4.74 Å². The minimum atomic E-state index is -1.69. The number of Topliss-reactive ketones (excluding diaryl/α,β-unsaturated/α-hetero) is 1. The third-order valence-electron chi connectivity index (χ3n) is 10.7. The van der Waals surface area contributed by atoms with Gasteiger partial charge in [-0.05, 0) is 79.0 Å². The lowest BCUT2D eigenvalue weighted by atomic mass is 9.74. The van der Waals surface area contributed by atoms with Gasteiger partial charge in [0.25, 0.3) is 0 Å². The molecular weight excluding hydrogens is 697 g/mol. The third kappa shape index (κ3) is 7.91. The maximum absolute atomic E-state index is 13.5. The standard InChI is InChI=1S/C38H46O11S2/c1-21-10-12-38(47-20-51-50-19-26-18-46-13-11-27(21)26)30(17-39)49-37(34(42)35(38)43)48-29-16-25(36(44)45)15-24-14-22(2)31(33(41)32(24)29)28(40)9-8-23-6-4-3-5-7-23/h3-7,14-16,21,26-27,30,34-35,37,39,41-43H,8-13,17-20H2,1-2H3,(H,44,45)/t21-,26+,27-,30+,34+,35+,37+,38+/m0/s1. The molecule has 0 aromatic heterocycles. The summed E-state index contributed by atoms with van der Waals surface area (Å²) in [6.45, 7) is 4.68. The minimum absolute atomic E-state index is 0.0549. The summed E-state index contributed by atoms with van der Waals surface area (Å²) in [7, 11) is 3.15. The number of carboxylic acids is 1. The predicted molar refractivity (Wildman–Crippen MR) is 194 cm³/mol. The van der Waals surface area contributed by atoms with Gasteiger partial charge in [0.15, 0.2) is 5.78 Å². The first-order valence-electron chi connectivity index (χ1n) is 17.4. The van der Waals surface area contributed by atoms with Crippen molar-refractivity contribution in [3.8, 4) is 11.5 Å². The Kier molecular flexibility index (Phi) is 12.2. The van der Waals surface area contributed by atoms with Gasteiger partial charge in [-0.3, -0.25) is 4.79 Å². The van der Waals surface area contributed by atoms with Crippen LogP contribution in [-0.2, 0) is 20.6 Å². The number of hydrogen-bond acceptors (Lipinski definition) is 12. The molecule has 0 aliphatic carbocycles. The van der Waals surface area contributed by atoms with Gasteiger partial charge in [0.2, 0.25) is 6.29 Å². The highest BCUT2D eigenvalue weighted by Crippen LogP contribution is 2.45. The van der Waals surface area contributed by atoms with Crippen molar-refractivity contribution >= 4 is 44.1 Å². The molecule has 3 aliphatic heterocycles. The number of aromatic hydroxyl groups is 1. The van der Waals surface area contributed by atoms with Gasteiger partial charge >= 0.3 is 5.97 Å². The molecule has 8 atom stereocenters. The number of aliphatic hydroxyl groups excluding tert-OH is 3. The zero-order chi connectivity index (χ0) is 36.3. The molecule has 13 heteroatoms. The maximum Gasteiger partial charge on any atom is 0.335 e. The summed E-state index contributed by atoms with van der Waals surface area (Å²) in [5.41, 5.74) is -0.136. The fourth-order valence-corrected chi connectivity index (χ4v) is 10.00. The largest absolute Gasteiger partial charge is 0.506 e. The Balaban J connectivity index is 1.30. The maximum atomic E-state index is 13.5. The number of aliphatic hydroxyl groups is 3. The Bertz CT molecular complexity index is 1700. The Morgan fingerprint density at radius 1 is 1.08 bits per heavy atom. The van der Waals surface area contributed by atoms with Crippen molar-refractivity contribution in [3.05, 3.63) is 70.8 Å². The normalized spacial score (nSPS) is 30.3. The highest BCUT2D eigenvalue weighted by molar-refractivity contribution is 8.76. The average Bonchev–Trinajstić information content (AvgIpc) is 3.15. The lowest BCUT2D eigenvalue weighted by Gasteiger charge is -2.50. The van der Waals surface area contributed by atoms with Crippen LogP contribution in [0.15, 0.2) is 48.5 Å². The monoisotopic (exact) mass is 742 g/mol. The van der Waals surface area contributed by atoms with Crippen LogP contribution in [0, 0.1) is 24.7 Å². The molecule has 0 radical (unpaired) electrons. The van der Waals surface area contributed by atoms with E-state index in [2.05, 4.69) is 6.92 Å². The summed E-state index contributed by atoms with van der Waals surface area (Å²) in [4.78, 5) is 25.7. The van der Waals surface area contributed by atoms with Gasteiger partial charge in [0, 0.05) is 18.8 Å². The Hall–Kier alpha value is -2.88. The SMILES string of the molecule is Cc1cc2cc(C(=O)O)cc(O[C@@H]3O[C@H](CO)[C@]4(CC[C@H](C)[C@@H]5CCOC[C@@H]5CSSCO4)[C@H](O)[C@H]3O)c2c(O)c1C(=O)CCc1ccccc1. The van der Waals surface area contributed by atoms with Crippen LogP contribution in [0.2, 0.25) is 0 Å². The molecule has 51 heavy (non-hydrogen) atoms. The van der Waals surface area contributed by atoms with Gasteiger partial charge < -0.3 is 44.5 Å². The number of ketones is 1. The summed E-state index contributed by atoms with van der Waals surface area (Å²) in [5.74, 6) is -0.00517. The van der Waals surface area contributed by atoms with Crippen LogP contribution in [0.5, 0.6) is 11.5 Å². The Morgan fingerprint density at radius 2 is 1.86 bits per heavy atom. The molecule has 11 nitrogen and oxygen atoms in total. The molecule has 0 saturated carbocycles. The lowest BCUT2D eigenvalue weighted by Crippen LogP contribution is -2.69. The molecule has 5 N–H and O–H groups in total. The van der Waals surface area contributed by atoms with Crippen molar-refractivity contribution in [2.75, 3.05) is 31.5 Å². The van der Waals surface area contributed by atoms with E-state index >= 15 is 0 Å². The first-order valence-corrected chi connectivity index (χ1v) is 19.9. The molecule has 3 aliphatic rings. The number of aromatic carboxylic acids is 1. The zero-order valence-corrected chi connectivity index (χ0v) is 30.4. The van der Waals surface area contributed by atoms with E-state index in [4.69, 9.17) is 18.9 Å². The van der Waals surface area contributed by atoms with Gasteiger partial charge in [0.05, 0.1) is 29.7 Å². The first-order chi connectivity index (χ1) is 24.5. The topological polar surface area (TPSA) is 172 Å². The third-order valence-corrected chi connectivity index (χ3v) is 12.9. The molecule has 1 spiro atoms. The molecule has 0 amide bonds. The quantitative estimate of drug-likeness (QED) is 0.148. The Morgan fingerprint density at radius 3 is 2.61 bits per heavy atom. The summed E-state index contributed by atoms with van der Waals surface area (Å²) < 4.78 is 24.5. The smallest absolute Gasteiger partial charge is 0.335 e. The summed E-state index contributed by atoms with van der Waals surface area (Å²) in [6.07, 6.45) is -3.51. The van der Waals surface area contributed by atoms with Crippen LogP contribution in [0.25, 0.3) is 10.8 Å². The van der Waals surface area contributed by atoms with Crippen molar-refractivity contribution in [3.63, 3.8) is 0 Å². The van der Waals surface area contributed by atoms with E-state index in [0.717, 1.165) is 17.7 Å². The average molecular weight is 743 g/mol. The summed E-state index contributed by atoms with van der Waals surface area (Å²) >= 11 is 0. The number of carbonyl (C=O) groups excluding carboxylic acids is 1. The summed E-state index contributed by atoms with van der Waals surface area (Å²) in [5, 5.41) is 55.9. The molecule has 276 valence electrons. The molecule has 6 rings (SSSR count). The van der Waals surface area contributed by atoms with Crippen molar-refractivity contribution in [1.29, 1.82) is 0 Å². The van der Waals surface area contributed by atoms with Gasteiger partial charge in [-0.2, -0.15) is 0 Å². The van der Waals surface area contributed by atoms with Crippen molar-refractivity contribution in [2.24, 2.45) is 17.8 Å². The van der Waals surface area contributed by atoms with Crippen LogP contribution >= 0.6 is 21.6 Å². The van der Waals surface area contributed by atoms with E-state index in [1.165, 1.54) is 22.9 Å². The predicted octanol–water partition coefficient (Wildman–Crippen LogP) is 5.36. The Labute approximate surface area is 305 Å². The van der Waals surface area contributed by atoms with Gasteiger partial charge in [-0.1, -0.05) is 64.9 Å². The number of ether oxygens (including phenoxy) is 4. The molecule has 0 unspecified atom stereocenters. The molecule has 3 aromatic rings. The molecule has 3 saturated heterocycles. The number of hydrogen-bond donors (Lipinski definition) is 5. The number of carbonyl (C=O) groups is 2. The van der Waals surface area contributed by atoms with Gasteiger partial charge in [0.1, 0.15) is 41.4 Å². The lowest BCUT2D eigenvalue weighted by molar-refractivity contribution is -0.322. The van der Waals surface area contributed by atoms with E-state index < -0.39 is 48.5 Å². The number of phenolic OH excluding ortho intramolecular Hbond substituents is 1. The zero-order valence-electron chi connectivity index (χ0n) is 28.7. The second kappa shape index (κ2) is 16.4. The number of fused-ring (bicyclic) bond motifs is 2. The van der Waals surface area contributed by atoms with Gasteiger partial charge in [-0.25, -0.2) is 4.79 Å². The molecule has 3 fully saturated rings. The highest BCUT2D eigenvalue weighted by Gasteiger charge is 2.57. The van der Waals surface area contributed by atoms with E-state index in [1.807, 2.05) is 30.3 Å². The van der Waals surface area contributed by atoms with E-state index in [0.29, 0.717) is 55.3 Å². The number of carboxylic acid groups (broad SMARTS) is 1. The van der Waals surface area contributed by atoms with Crippen LogP contribution in [0.1, 0.15) is 64.4 Å². The fourth-order valence-electron chi connectivity index (χ4n) is 7.89. The first kappa shape index (κ1) is 37.9. The molecule has 3 aromatic carbocycles. The molecule has 3 heterocycles. The highest BCUT2D eigenvalue weighted by atomic mass is 33.1. The van der Waals surface area contributed by atoms with Crippen LogP contribution in [0.3, 0.4) is 0 Å². The van der Waals surface area contributed by atoms with Crippen LogP contribution in [-0.4, -0.2) is 99.0 Å². The number of aryl methyl sites for hydroxylation is 2. The molecule has 0 bridgehead atoms. The van der Waals surface area contributed by atoms with Crippen molar-refractivity contribution in [2.45, 2.75) is 76.2 Å². The fraction of sp³-hybridized carbons (Fsp3) is 0.526. The second-order valence-electron chi connectivity index (χ2n) is 13.9.